The second kappa shape index (κ2) is 12.2. The van der Waals surface area contributed by atoms with Gasteiger partial charge in [-0.3, -0.25) is 0 Å². The Labute approximate surface area is 182 Å². The molecule has 1 unspecified atom stereocenters. The van der Waals surface area contributed by atoms with Crippen molar-refractivity contribution in [3.05, 3.63) is 28.5 Å². The molecule has 1 nitrogen and oxygen atoms in total. The largest absolute Gasteiger partial charge is 0.490 e. The molecular formula is C25H42BrFO. The van der Waals surface area contributed by atoms with E-state index in [1.807, 2.05) is 6.07 Å². The highest BCUT2D eigenvalue weighted by atomic mass is 79.9. The summed E-state index contributed by atoms with van der Waals surface area (Å²) in [6, 6.07) is 5.14. The lowest BCUT2D eigenvalue weighted by molar-refractivity contribution is -0.0714. The summed E-state index contributed by atoms with van der Waals surface area (Å²) in [5.41, 5.74) is 0.0486. The second-order valence-corrected chi connectivity index (χ2v) is 10.1. The van der Waals surface area contributed by atoms with Crippen LogP contribution in [0.15, 0.2) is 22.7 Å². The monoisotopic (exact) mass is 456 g/mol. The number of benzene rings is 1. The Morgan fingerprint density at radius 3 is 1.93 bits per heavy atom. The minimum atomic E-state index is -0.264. The van der Waals surface area contributed by atoms with Gasteiger partial charge in [-0.1, -0.05) is 80.6 Å². The Bertz CT molecular complexity index is 546. The molecule has 162 valence electrons. The summed E-state index contributed by atoms with van der Waals surface area (Å²) in [5, 5.41) is 0. The van der Waals surface area contributed by atoms with Gasteiger partial charge in [0, 0.05) is 11.5 Å². The van der Waals surface area contributed by atoms with Crippen molar-refractivity contribution in [2.24, 2.45) is 23.2 Å². The molecule has 3 heteroatoms. The topological polar surface area (TPSA) is 9.23 Å². The summed E-state index contributed by atoms with van der Waals surface area (Å²) < 4.78 is 21.1. The molecule has 0 aliphatic carbocycles. The highest BCUT2D eigenvalue weighted by Gasteiger charge is 2.47. The van der Waals surface area contributed by atoms with Crippen molar-refractivity contribution in [3.63, 3.8) is 0 Å². The molecule has 0 saturated heterocycles. The fourth-order valence-corrected chi connectivity index (χ4v) is 5.60. The zero-order chi connectivity index (χ0) is 21.3. The fourth-order valence-electron chi connectivity index (χ4n) is 5.35. The zero-order valence-corrected chi connectivity index (χ0v) is 20.7. The van der Waals surface area contributed by atoms with Gasteiger partial charge in [-0.25, -0.2) is 4.39 Å². The van der Waals surface area contributed by atoms with Crippen LogP contribution in [0, 0.1) is 29.0 Å². The predicted molar refractivity (Wildman–Crippen MR) is 123 cm³/mol. The molecule has 1 aromatic carbocycles. The number of hydrogen-bond donors (Lipinski definition) is 0. The van der Waals surface area contributed by atoms with Crippen LogP contribution in [0.25, 0.3) is 0 Å². The highest BCUT2D eigenvalue weighted by molar-refractivity contribution is 9.10. The third-order valence-electron chi connectivity index (χ3n) is 6.55. The molecule has 0 heterocycles. The molecule has 0 radical (unpaired) electrons. The molecule has 0 spiro atoms. The molecule has 0 saturated carbocycles. The molecule has 1 rings (SSSR count). The number of rotatable bonds is 13. The van der Waals surface area contributed by atoms with Crippen LogP contribution < -0.4 is 4.74 Å². The third kappa shape index (κ3) is 6.47. The Balaban J connectivity index is 3.08. The van der Waals surface area contributed by atoms with Crippen molar-refractivity contribution in [1.82, 2.24) is 0 Å². The lowest BCUT2D eigenvalue weighted by Crippen LogP contribution is -2.51. The van der Waals surface area contributed by atoms with Gasteiger partial charge < -0.3 is 4.74 Å². The van der Waals surface area contributed by atoms with Gasteiger partial charge in [0.05, 0.1) is 4.47 Å². The van der Waals surface area contributed by atoms with Gasteiger partial charge in [-0.15, -0.1) is 0 Å². The van der Waals surface area contributed by atoms with E-state index in [-0.39, 0.29) is 17.3 Å². The molecule has 1 atom stereocenters. The van der Waals surface area contributed by atoms with Gasteiger partial charge in [0.1, 0.15) is 17.7 Å². The Morgan fingerprint density at radius 1 is 0.893 bits per heavy atom. The van der Waals surface area contributed by atoms with Gasteiger partial charge in [0.25, 0.3) is 0 Å². The molecule has 0 bridgehead atoms. The summed E-state index contributed by atoms with van der Waals surface area (Å²) >= 11 is 3.25. The summed E-state index contributed by atoms with van der Waals surface area (Å²) in [7, 11) is 0. The minimum absolute atomic E-state index is 0.0486. The molecule has 0 aromatic heterocycles. The first-order chi connectivity index (χ1) is 13.2. The van der Waals surface area contributed by atoms with Gasteiger partial charge in [-0.2, -0.15) is 0 Å². The van der Waals surface area contributed by atoms with E-state index in [1.165, 1.54) is 44.6 Å². The molecule has 0 N–H and O–H groups in total. The number of hydrogen-bond acceptors (Lipinski definition) is 1. The maximum Gasteiger partial charge on any atom is 0.141 e. The normalized spacial score (nSPS) is 13.6. The first-order valence-electron chi connectivity index (χ1n) is 11.3. The standard InChI is InChI=1S/C25H42BrFO/c1-8-9-10-11-12-13-14-24(25(18(2)3,19(4)5)20(6)7)28-21-15-16-22(26)23(27)17-21/h15-20,24H,8-14H2,1-7H3. The first kappa shape index (κ1) is 25.5. The quantitative estimate of drug-likeness (QED) is 0.269. The molecule has 0 amide bonds. The van der Waals surface area contributed by atoms with Gasteiger partial charge in [0.2, 0.25) is 0 Å². The van der Waals surface area contributed by atoms with Crippen molar-refractivity contribution in [1.29, 1.82) is 0 Å². The van der Waals surface area contributed by atoms with E-state index in [1.54, 1.807) is 6.07 Å². The lowest BCUT2D eigenvalue weighted by atomic mass is 9.58. The van der Waals surface area contributed by atoms with Crippen LogP contribution in [0.2, 0.25) is 0 Å². The molecule has 28 heavy (non-hydrogen) atoms. The van der Waals surface area contributed by atoms with Crippen molar-refractivity contribution < 1.29 is 9.13 Å². The molecule has 0 fully saturated rings. The van der Waals surface area contributed by atoms with Crippen molar-refractivity contribution in [2.45, 2.75) is 99.5 Å². The number of halogens is 2. The van der Waals surface area contributed by atoms with Gasteiger partial charge >= 0.3 is 0 Å². The molecular weight excluding hydrogens is 415 g/mol. The van der Waals surface area contributed by atoms with Crippen LogP contribution in [0.4, 0.5) is 4.39 Å². The Hall–Kier alpha value is -0.570. The fraction of sp³-hybridized carbons (Fsp3) is 0.760. The lowest BCUT2D eigenvalue weighted by Gasteiger charge is -2.50. The van der Waals surface area contributed by atoms with E-state index >= 15 is 0 Å². The van der Waals surface area contributed by atoms with Gasteiger partial charge in [0.15, 0.2) is 0 Å². The maximum atomic E-state index is 14.1. The van der Waals surface area contributed by atoms with Crippen LogP contribution in [0.3, 0.4) is 0 Å². The Kier molecular flexibility index (Phi) is 11.1. The van der Waals surface area contributed by atoms with E-state index in [2.05, 4.69) is 64.4 Å². The van der Waals surface area contributed by atoms with E-state index in [0.717, 1.165) is 6.42 Å². The highest BCUT2D eigenvalue weighted by Crippen LogP contribution is 2.48. The van der Waals surface area contributed by atoms with Crippen molar-refractivity contribution >= 4 is 15.9 Å². The van der Waals surface area contributed by atoms with Crippen LogP contribution in [-0.4, -0.2) is 6.10 Å². The maximum absolute atomic E-state index is 14.1. The Morgan fingerprint density at radius 2 is 1.43 bits per heavy atom. The summed E-state index contributed by atoms with van der Waals surface area (Å²) in [5.74, 6) is 1.83. The summed E-state index contributed by atoms with van der Waals surface area (Å²) in [6.45, 7) is 16.2. The van der Waals surface area contributed by atoms with Crippen LogP contribution in [-0.2, 0) is 0 Å². The van der Waals surface area contributed by atoms with Crippen LogP contribution in [0.5, 0.6) is 5.75 Å². The second-order valence-electron chi connectivity index (χ2n) is 9.20. The number of ether oxygens (including phenoxy) is 1. The summed E-state index contributed by atoms with van der Waals surface area (Å²) in [6.07, 6.45) is 8.75. The zero-order valence-electron chi connectivity index (χ0n) is 19.2. The predicted octanol–water partition coefficient (Wildman–Crippen LogP) is 9.04. The van der Waals surface area contributed by atoms with Crippen LogP contribution >= 0.6 is 15.9 Å². The van der Waals surface area contributed by atoms with E-state index in [4.69, 9.17) is 4.74 Å². The first-order valence-corrected chi connectivity index (χ1v) is 12.1. The smallest absolute Gasteiger partial charge is 0.141 e. The molecule has 0 aliphatic rings. The van der Waals surface area contributed by atoms with E-state index in [0.29, 0.717) is 28.0 Å². The van der Waals surface area contributed by atoms with Crippen molar-refractivity contribution in [2.75, 3.05) is 0 Å². The van der Waals surface area contributed by atoms with E-state index < -0.39 is 0 Å². The van der Waals surface area contributed by atoms with Gasteiger partial charge in [-0.05, 0) is 58.7 Å². The van der Waals surface area contributed by atoms with E-state index in [9.17, 15) is 4.39 Å². The van der Waals surface area contributed by atoms with Crippen molar-refractivity contribution in [3.8, 4) is 5.75 Å². The third-order valence-corrected chi connectivity index (χ3v) is 7.19. The van der Waals surface area contributed by atoms with Crippen LogP contribution in [0.1, 0.15) is 93.4 Å². The average Bonchev–Trinajstić information content (AvgIpc) is 2.60. The SMILES string of the molecule is CCCCCCCCC(Oc1ccc(Br)c(F)c1)C(C(C)C)(C(C)C)C(C)C. The minimum Gasteiger partial charge on any atom is -0.490 e. The average molecular weight is 458 g/mol. The number of unbranched alkanes of at least 4 members (excludes halogenated alkanes) is 5. The summed E-state index contributed by atoms with van der Waals surface area (Å²) in [4.78, 5) is 0. The molecule has 0 aliphatic heterocycles. The molecule has 1 aromatic rings.